The van der Waals surface area contributed by atoms with E-state index in [9.17, 15) is 4.79 Å². The van der Waals surface area contributed by atoms with E-state index in [1.54, 1.807) is 6.20 Å². The lowest BCUT2D eigenvalue weighted by molar-refractivity contribution is -0.123. The molecule has 1 saturated heterocycles. The highest BCUT2D eigenvalue weighted by molar-refractivity contribution is 5.76. The quantitative estimate of drug-likeness (QED) is 0.784. The standard InChI is InChI=1S/C20H24N2O4/c1-2-24-16-5-7-17(8-6-16)26-20-12-15(9-10-21-20)14-22-19(23)13-18-4-3-11-25-18/h5-10,12,18H,2-4,11,13-14H2,1H3,(H,22,23). The Balaban J connectivity index is 1.51. The average molecular weight is 356 g/mol. The average Bonchev–Trinajstić information content (AvgIpc) is 3.15. The molecule has 6 heteroatoms. The van der Waals surface area contributed by atoms with E-state index >= 15 is 0 Å². The van der Waals surface area contributed by atoms with Gasteiger partial charge in [0.1, 0.15) is 11.5 Å². The van der Waals surface area contributed by atoms with Gasteiger partial charge in [0.2, 0.25) is 11.8 Å². The third-order valence-corrected chi connectivity index (χ3v) is 4.08. The van der Waals surface area contributed by atoms with Gasteiger partial charge in [0.15, 0.2) is 0 Å². The fraction of sp³-hybridized carbons (Fsp3) is 0.400. The molecular weight excluding hydrogens is 332 g/mol. The molecule has 26 heavy (non-hydrogen) atoms. The molecule has 0 bridgehead atoms. The van der Waals surface area contributed by atoms with E-state index in [-0.39, 0.29) is 12.0 Å². The number of carbonyl (C=O) groups is 1. The third-order valence-electron chi connectivity index (χ3n) is 4.08. The van der Waals surface area contributed by atoms with Crippen LogP contribution in [0.3, 0.4) is 0 Å². The van der Waals surface area contributed by atoms with Gasteiger partial charge < -0.3 is 19.5 Å². The number of rotatable bonds is 8. The molecular formula is C20H24N2O4. The molecule has 0 spiro atoms. The van der Waals surface area contributed by atoms with Crippen LogP contribution in [-0.4, -0.2) is 30.2 Å². The molecule has 1 fully saturated rings. The van der Waals surface area contributed by atoms with Crippen LogP contribution >= 0.6 is 0 Å². The highest BCUT2D eigenvalue weighted by atomic mass is 16.5. The first kappa shape index (κ1) is 18.2. The lowest BCUT2D eigenvalue weighted by atomic mass is 10.1. The molecule has 1 unspecified atom stereocenters. The number of nitrogens with one attached hydrogen (secondary N) is 1. The number of aromatic nitrogens is 1. The molecule has 1 amide bonds. The van der Waals surface area contributed by atoms with Crippen LogP contribution in [0.4, 0.5) is 0 Å². The summed E-state index contributed by atoms with van der Waals surface area (Å²) in [7, 11) is 0. The second kappa shape index (κ2) is 9.20. The predicted octanol–water partition coefficient (Wildman–Crippen LogP) is 3.46. The Morgan fingerprint density at radius 2 is 2.08 bits per heavy atom. The van der Waals surface area contributed by atoms with Crippen molar-refractivity contribution in [2.45, 2.75) is 38.8 Å². The van der Waals surface area contributed by atoms with Crippen molar-refractivity contribution >= 4 is 5.91 Å². The number of pyridine rings is 1. The zero-order valence-corrected chi connectivity index (χ0v) is 14.9. The van der Waals surface area contributed by atoms with Gasteiger partial charge >= 0.3 is 0 Å². The van der Waals surface area contributed by atoms with Crippen LogP contribution in [-0.2, 0) is 16.1 Å². The third kappa shape index (κ3) is 5.46. The van der Waals surface area contributed by atoms with Crippen LogP contribution in [0.1, 0.15) is 31.7 Å². The Kier molecular flexibility index (Phi) is 6.44. The van der Waals surface area contributed by atoms with Crippen molar-refractivity contribution in [3.8, 4) is 17.4 Å². The van der Waals surface area contributed by atoms with Gasteiger partial charge in [-0.05, 0) is 55.7 Å². The summed E-state index contributed by atoms with van der Waals surface area (Å²) >= 11 is 0. The lowest BCUT2D eigenvalue weighted by Crippen LogP contribution is -2.26. The summed E-state index contributed by atoms with van der Waals surface area (Å²) < 4.78 is 16.7. The van der Waals surface area contributed by atoms with E-state index in [1.807, 2.05) is 43.3 Å². The number of amides is 1. The van der Waals surface area contributed by atoms with E-state index < -0.39 is 0 Å². The summed E-state index contributed by atoms with van der Waals surface area (Å²) in [5, 5.41) is 2.92. The van der Waals surface area contributed by atoms with Gasteiger partial charge in [-0.15, -0.1) is 0 Å². The largest absolute Gasteiger partial charge is 0.494 e. The maximum absolute atomic E-state index is 12.0. The fourth-order valence-corrected chi connectivity index (χ4v) is 2.79. The fourth-order valence-electron chi connectivity index (χ4n) is 2.79. The van der Waals surface area contributed by atoms with Crippen LogP contribution in [0.2, 0.25) is 0 Å². The highest BCUT2D eigenvalue weighted by Gasteiger charge is 2.18. The Hall–Kier alpha value is -2.60. The van der Waals surface area contributed by atoms with Crippen molar-refractivity contribution in [2.24, 2.45) is 0 Å². The van der Waals surface area contributed by atoms with Crippen molar-refractivity contribution < 1.29 is 19.0 Å². The van der Waals surface area contributed by atoms with Crippen LogP contribution in [0.5, 0.6) is 17.4 Å². The smallest absolute Gasteiger partial charge is 0.222 e. The number of ether oxygens (including phenoxy) is 3. The van der Waals surface area contributed by atoms with Gasteiger partial charge in [-0.3, -0.25) is 4.79 Å². The molecule has 3 rings (SSSR count). The zero-order valence-electron chi connectivity index (χ0n) is 14.9. The Bertz CT molecular complexity index is 712. The van der Waals surface area contributed by atoms with Crippen molar-refractivity contribution in [1.29, 1.82) is 0 Å². The molecule has 0 radical (unpaired) electrons. The van der Waals surface area contributed by atoms with Gasteiger partial charge in [0.05, 0.1) is 19.1 Å². The minimum atomic E-state index is 0.00249. The molecule has 1 N–H and O–H groups in total. The van der Waals surface area contributed by atoms with E-state index in [1.165, 1.54) is 0 Å². The molecule has 1 aliphatic rings. The summed E-state index contributed by atoms with van der Waals surface area (Å²) in [5.74, 6) is 1.97. The van der Waals surface area contributed by atoms with E-state index in [2.05, 4.69) is 10.3 Å². The van der Waals surface area contributed by atoms with Gasteiger partial charge in [-0.2, -0.15) is 0 Å². The molecule has 0 saturated carbocycles. The summed E-state index contributed by atoms with van der Waals surface area (Å²) in [6, 6.07) is 11.1. The van der Waals surface area contributed by atoms with Gasteiger partial charge in [0.25, 0.3) is 0 Å². The van der Waals surface area contributed by atoms with Gasteiger partial charge in [-0.1, -0.05) is 0 Å². The topological polar surface area (TPSA) is 69.7 Å². The Morgan fingerprint density at radius 3 is 2.81 bits per heavy atom. The number of hydrogen-bond donors (Lipinski definition) is 1. The van der Waals surface area contributed by atoms with Crippen molar-refractivity contribution in [1.82, 2.24) is 10.3 Å². The molecule has 1 aromatic carbocycles. The van der Waals surface area contributed by atoms with Crippen LogP contribution in [0.25, 0.3) is 0 Å². The summed E-state index contributed by atoms with van der Waals surface area (Å²) in [5.41, 5.74) is 0.932. The Morgan fingerprint density at radius 1 is 1.27 bits per heavy atom. The van der Waals surface area contributed by atoms with E-state index in [4.69, 9.17) is 14.2 Å². The van der Waals surface area contributed by atoms with Crippen molar-refractivity contribution in [2.75, 3.05) is 13.2 Å². The molecule has 2 heterocycles. The van der Waals surface area contributed by atoms with Crippen LogP contribution < -0.4 is 14.8 Å². The molecule has 6 nitrogen and oxygen atoms in total. The molecule has 2 aromatic rings. The monoisotopic (exact) mass is 356 g/mol. The number of benzene rings is 1. The number of hydrogen-bond acceptors (Lipinski definition) is 5. The van der Waals surface area contributed by atoms with Gasteiger partial charge in [-0.25, -0.2) is 4.98 Å². The summed E-state index contributed by atoms with van der Waals surface area (Å²) in [4.78, 5) is 16.2. The first-order chi connectivity index (χ1) is 12.7. The molecule has 1 aliphatic heterocycles. The number of nitrogens with zero attached hydrogens (tertiary/aromatic N) is 1. The Labute approximate surface area is 153 Å². The summed E-state index contributed by atoms with van der Waals surface area (Å²) in [6.07, 6.45) is 4.15. The molecule has 138 valence electrons. The van der Waals surface area contributed by atoms with Crippen LogP contribution in [0.15, 0.2) is 42.6 Å². The second-order valence-corrected chi connectivity index (χ2v) is 6.12. The maximum Gasteiger partial charge on any atom is 0.222 e. The molecule has 1 atom stereocenters. The normalized spacial score (nSPS) is 16.3. The molecule has 1 aromatic heterocycles. The number of carbonyl (C=O) groups excluding carboxylic acids is 1. The maximum atomic E-state index is 12.0. The van der Waals surface area contributed by atoms with E-state index in [0.717, 1.165) is 30.8 Å². The zero-order chi connectivity index (χ0) is 18.2. The lowest BCUT2D eigenvalue weighted by Gasteiger charge is -2.11. The van der Waals surface area contributed by atoms with Crippen molar-refractivity contribution in [3.05, 3.63) is 48.2 Å². The minimum absolute atomic E-state index is 0.00249. The SMILES string of the molecule is CCOc1ccc(Oc2cc(CNC(=O)CC3CCCO3)ccn2)cc1. The second-order valence-electron chi connectivity index (χ2n) is 6.12. The minimum Gasteiger partial charge on any atom is -0.494 e. The first-order valence-corrected chi connectivity index (χ1v) is 8.97. The van der Waals surface area contributed by atoms with Gasteiger partial charge in [0, 0.05) is 25.4 Å². The van der Waals surface area contributed by atoms with E-state index in [0.29, 0.717) is 31.2 Å². The predicted molar refractivity (Wildman–Crippen MR) is 97.4 cm³/mol. The highest BCUT2D eigenvalue weighted by Crippen LogP contribution is 2.23. The first-order valence-electron chi connectivity index (χ1n) is 8.97. The summed E-state index contributed by atoms with van der Waals surface area (Å²) in [6.45, 7) is 3.77. The van der Waals surface area contributed by atoms with Crippen LogP contribution in [0, 0.1) is 0 Å². The van der Waals surface area contributed by atoms with Crippen molar-refractivity contribution in [3.63, 3.8) is 0 Å². The molecule has 0 aliphatic carbocycles.